The summed E-state index contributed by atoms with van der Waals surface area (Å²) in [6.45, 7) is 5.11. The van der Waals surface area contributed by atoms with E-state index >= 15 is 0 Å². The fraction of sp³-hybridized carbons (Fsp3) is 0.700. The summed E-state index contributed by atoms with van der Waals surface area (Å²) >= 11 is 0. The first-order valence-corrected chi connectivity index (χ1v) is 5.22. The summed E-state index contributed by atoms with van der Waals surface area (Å²) in [7, 11) is 0. The molecule has 0 bridgehead atoms. The van der Waals surface area contributed by atoms with Gasteiger partial charge >= 0.3 is 5.97 Å². The minimum atomic E-state index is -0.872. The van der Waals surface area contributed by atoms with E-state index in [-0.39, 0.29) is 6.42 Å². The predicted octanol–water partition coefficient (Wildman–Crippen LogP) is 1.34. The number of hydrogen-bond acceptors (Lipinski definition) is 3. The van der Waals surface area contributed by atoms with E-state index in [1.807, 2.05) is 0 Å². The van der Waals surface area contributed by atoms with Crippen molar-refractivity contribution in [2.45, 2.75) is 39.7 Å². The van der Waals surface area contributed by atoms with Crippen molar-refractivity contribution in [3.8, 4) is 0 Å². The van der Waals surface area contributed by atoms with E-state index in [1.54, 1.807) is 10.9 Å². The zero-order valence-electron chi connectivity index (χ0n) is 9.18. The summed E-state index contributed by atoms with van der Waals surface area (Å²) in [5, 5.41) is 16.3. The van der Waals surface area contributed by atoms with Crippen LogP contribution in [0.3, 0.4) is 0 Å². The molecule has 0 aliphatic rings. The average Bonchev–Trinajstić information content (AvgIpc) is 2.51. The molecule has 1 N–H and O–H groups in total. The standard InChI is InChI=1S/C10H17N3O2/c1-3-4-8(2)6-13-7-9(11-12-13)5-10(14)15/h7-8H,3-6H2,1-2H3,(H,14,15). The van der Waals surface area contributed by atoms with Gasteiger partial charge in [-0.05, 0) is 12.3 Å². The second-order valence-corrected chi connectivity index (χ2v) is 3.90. The van der Waals surface area contributed by atoms with E-state index in [0.717, 1.165) is 19.4 Å². The molecular weight excluding hydrogens is 194 g/mol. The van der Waals surface area contributed by atoms with Gasteiger partial charge in [-0.3, -0.25) is 9.48 Å². The summed E-state index contributed by atoms with van der Waals surface area (Å²) in [5.41, 5.74) is 0.520. The van der Waals surface area contributed by atoms with Gasteiger partial charge in [-0.15, -0.1) is 5.10 Å². The lowest BCUT2D eigenvalue weighted by Crippen LogP contribution is -2.08. The van der Waals surface area contributed by atoms with E-state index in [2.05, 4.69) is 24.2 Å². The van der Waals surface area contributed by atoms with E-state index in [9.17, 15) is 4.79 Å². The van der Waals surface area contributed by atoms with Crippen LogP contribution in [0.5, 0.6) is 0 Å². The summed E-state index contributed by atoms with van der Waals surface area (Å²) in [4.78, 5) is 10.4. The Labute approximate surface area is 89.1 Å². The van der Waals surface area contributed by atoms with Crippen LogP contribution < -0.4 is 0 Å². The van der Waals surface area contributed by atoms with Crippen molar-refractivity contribution in [3.63, 3.8) is 0 Å². The molecule has 5 nitrogen and oxygen atoms in total. The Kier molecular flexibility index (Phi) is 4.27. The first kappa shape index (κ1) is 11.7. The predicted molar refractivity (Wildman–Crippen MR) is 55.4 cm³/mol. The normalized spacial score (nSPS) is 12.7. The summed E-state index contributed by atoms with van der Waals surface area (Å²) in [6, 6.07) is 0. The Hall–Kier alpha value is -1.39. The smallest absolute Gasteiger partial charge is 0.309 e. The lowest BCUT2D eigenvalue weighted by molar-refractivity contribution is -0.136. The fourth-order valence-electron chi connectivity index (χ4n) is 1.57. The van der Waals surface area contributed by atoms with Crippen molar-refractivity contribution in [1.82, 2.24) is 15.0 Å². The van der Waals surface area contributed by atoms with Crippen LogP contribution in [-0.4, -0.2) is 26.1 Å². The van der Waals surface area contributed by atoms with Gasteiger partial charge in [0.25, 0.3) is 0 Å². The Morgan fingerprint density at radius 3 is 3.00 bits per heavy atom. The Morgan fingerprint density at radius 1 is 1.67 bits per heavy atom. The Balaban J connectivity index is 2.48. The van der Waals surface area contributed by atoms with Crippen LogP contribution in [0.2, 0.25) is 0 Å². The van der Waals surface area contributed by atoms with E-state index in [1.165, 1.54) is 0 Å². The van der Waals surface area contributed by atoms with Gasteiger partial charge in [-0.1, -0.05) is 25.5 Å². The highest BCUT2D eigenvalue weighted by molar-refractivity contribution is 5.69. The minimum Gasteiger partial charge on any atom is -0.481 e. The van der Waals surface area contributed by atoms with Gasteiger partial charge in [0.15, 0.2) is 0 Å². The lowest BCUT2D eigenvalue weighted by Gasteiger charge is -2.08. The number of aliphatic carboxylic acids is 1. The second kappa shape index (κ2) is 5.48. The number of carboxylic acid groups (broad SMARTS) is 1. The monoisotopic (exact) mass is 211 g/mol. The Bertz CT molecular complexity index is 322. The third-order valence-corrected chi connectivity index (χ3v) is 2.20. The van der Waals surface area contributed by atoms with Crippen LogP contribution in [0, 0.1) is 5.92 Å². The van der Waals surface area contributed by atoms with Crippen molar-refractivity contribution in [2.24, 2.45) is 5.92 Å². The molecule has 0 aromatic carbocycles. The molecule has 0 saturated heterocycles. The quantitative estimate of drug-likeness (QED) is 0.771. The van der Waals surface area contributed by atoms with Crippen LogP contribution in [0.25, 0.3) is 0 Å². The fourth-order valence-corrected chi connectivity index (χ4v) is 1.57. The molecule has 1 aromatic heterocycles. The Morgan fingerprint density at radius 2 is 2.40 bits per heavy atom. The summed E-state index contributed by atoms with van der Waals surface area (Å²) in [6.07, 6.45) is 3.95. The lowest BCUT2D eigenvalue weighted by atomic mass is 10.1. The van der Waals surface area contributed by atoms with Gasteiger partial charge in [0.1, 0.15) is 0 Å². The molecule has 15 heavy (non-hydrogen) atoms. The van der Waals surface area contributed by atoms with Crippen molar-refractivity contribution < 1.29 is 9.90 Å². The van der Waals surface area contributed by atoms with E-state index in [0.29, 0.717) is 11.6 Å². The molecule has 84 valence electrons. The van der Waals surface area contributed by atoms with Crippen molar-refractivity contribution in [3.05, 3.63) is 11.9 Å². The maximum atomic E-state index is 10.4. The zero-order valence-corrected chi connectivity index (χ0v) is 9.18. The van der Waals surface area contributed by atoms with Crippen molar-refractivity contribution >= 4 is 5.97 Å². The topological polar surface area (TPSA) is 68.0 Å². The van der Waals surface area contributed by atoms with Crippen LogP contribution in [0.4, 0.5) is 0 Å². The highest BCUT2D eigenvalue weighted by Crippen LogP contribution is 2.07. The SMILES string of the molecule is CCCC(C)Cn1cc(CC(=O)O)nn1. The summed E-state index contributed by atoms with van der Waals surface area (Å²) in [5.74, 6) is -0.321. The van der Waals surface area contributed by atoms with Crippen molar-refractivity contribution in [2.75, 3.05) is 0 Å². The van der Waals surface area contributed by atoms with Gasteiger partial charge in [0.2, 0.25) is 0 Å². The molecule has 0 aliphatic heterocycles. The van der Waals surface area contributed by atoms with Gasteiger partial charge in [0.05, 0.1) is 12.1 Å². The van der Waals surface area contributed by atoms with Crippen LogP contribution >= 0.6 is 0 Å². The van der Waals surface area contributed by atoms with Crippen LogP contribution in [-0.2, 0) is 17.8 Å². The molecule has 0 radical (unpaired) electrons. The van der Waals surface area contributed by atoms with Gasteiger partial charge < -0.3 is 5.11 Å². The van der Waals surface area contributed by atoms with Crippen molar-refractivity contribution in [1.29, 1.82) is 0 Å². The highest BCUT2D eigenvalue weighted by atomic mass is 16.4. The number of aromatic nitrogens is 3. The summed E-state index contributed by atoms with van der Waals surface area (Å²) < 4.78 is 1.72. The number of hydrogen-bond donors (Lipinski definition) is 1. The molecule has 0 amide bonds. The molecule has 0 spiro atoms. The highest BCUT2D eigenvalue weighted by Gasteiger charge is 2.07. The largest absolute Gasteiger partial charge is 0.481 e. The van der Waals surface area contributed by atoms with Gasteiger partial charge in [0, 0.05) is 12.7 Å². The first-order chi connectivity index (χ1) is 7.11. The van der Waals surface area contributed by atoms with Crippen LogP contribution in [0.1, 0.15) is 32.4 Å². The molecule has 0 fully saturated rings. The van der Waals surface area contributed by atoms with E-state index < -0.39 is 5.97 Å². The zero-order chi connectivity index (χ0) is 11.3. The number of nitrogens with zero attached hydrogens (tertiary/aromatic N) is 3. The molecule has 1 heterocycles. The maximum absolute atomic E-state index is 10.4. The molecular formula is C10H17N3O2. The molecule has 1 aromatic rings. The third kappa shape index (κ3) is 4.10. The molecule has 1 unspecified atom stereocenters. The van der Waals surface area contributed by atoms with E-state index in [4.69, 9.17) is 5.11 Å². The molecule has 0 aliphatic carbocycles. The number of carboxylic acids is 1. The number of carbonyl (C=O) groups is 1. The first-order valence-electron chi connectivity index (χ1n) is 5.22. The molecule has 0 saturated carbocycles. The number of rotatable bonds is 6. The second-order valence-electron chi connectivity index (χ2n) is 3.90. The minimum absolute atomic E-state index is 0.0534. The maximum Gasteiger partial charge on any atom is 0.309 e. The van der Waals surface area contributed by atoms with Gasteiger partial charge in [-0.25, -0.2) is 0 Å². The average molecular weight is 211 g/mol. The molecule has 5 heteroatoms. The van der Waals surface area contributed by atoms with Gasteiger partial charge in [-0.2, -0.15) is 0 Å². The third-order valence-electron chi connectivity index (χ3n) is 2.20. The molecule has 1 rings (SSSR count). The molecule has 1 atom stereocenters. The van der Waals surface area contributed by atoms with Crippen LogP contribution in [0.15, 0.2) is 6.20 Å².